The maximum Gasteiger partial charge on any atom is 0.144 e. The van der Waals surface area contributed by atoms with E-state index in [0.717, 1.165) is 23.0 Å². The Labute approximate surface area is 157 Å². The normalized spacial score (nSPS) is 11.9. The number of aromatic nitrogens is 1. The topological polar surface area (TPSA) is 12.9 Å². The summed E-state index contributed by atoms with van der Waals surface area (Å²) in [5.74, 6) is -0.176. The molecule has 0 unspecified atom stereocenters. The Balaban J connectivity index is 2.06. The molecule has 1 heterocycles. The zero-order valence-electron chi connectivity index (χ0n) is 15.8. The Hall–Kier alpha value is -0.440. The highest BCUT2D eigenvalue weighted by Gasteiger charge is 2.22. The third-order valence-corrected chi connectivity index (χ3v) is 6.24. The Morgan fingerprint density at radius 2 is 1.46 bits per heavy atom. The molecule has 0 saturated carbocycles. The van der Waals surface area contributed by atoms with E-state index in [0.29, 0.717) is 5.41 Å². The van der Waals surface area contributed by atoms with Crippen LogP contribution in [0.2, 0.25) is 0 Å². The van der Waals surface area contributed by atoms with Crippen molar-refractivity contribution in [3.8, 4) is 0 Å². The van der Waals surface area contributed by atoms with Crippen molar-refractivity contribution in [3.05, 3.63) is 28.2 Å². The number of halogens is 2. The van der Waals surface area contributed by atoms with E-state index in [4.69, 9.17) is 0 Å². The number of hydrogen-bond acceptors (Lipinski definition) is 1. The second-order valence-electron chi connectivity index (χ2n) is 7.13. The van der Waals surface area contributed by atoms with Crippen LogP contribution in [0.1, 0.15) is 97.0 Å². The lowest BCUT2D eigenvalue weighted by molar-refractivity contribution is 0.220. The highest BCUT2D eigenvalue weighted by atomic mass is 79.9. The van der Waals surface area contributed by atoms with Gasteiger partial charge in [0.1, 0.15) is 10.4 Å². The minimum atomic E-state index is -0.176. The first kappa shape index (κ1) is 21.6. The first-order valence-electron chi connectivity index (χ1n) is 9.86. The molecule has 1 aromatic heterocycles. The molecule has 0 N–H and O–H groups in total. The van der Waals surface area contributed by atoms with Gasteiger partial charge in [0.05, 0.1) is 6.20 Å². The maximum atomic E-state index is 13.6. The molecule has 1 nitrogen and oxygen atoms in total. The van der Waals surface area contributed by atoms with Crippen molar-refractivity contribution >= 4 is 15.9 Å². The molecule has 0 saturated heterocycles. The van der Waals surface area contributed by atoms with Crippen LogP contribution in [0, 0.1) is 11.2 Å². The summed E-state index contributed by atoms with van der Waals surface area (Å²) in [4.78, 5) is 3.90. The quantitative estimate of drug-likeness (QED) is 0.243. The summed E-state index contributed by atoms with van der Waals surface area (Å²) >= 11 is 3.31. The van der Waals surface area contributed by atoms with E-state index in [9.17, 15) is 4.39 Å². The number of hydrogen-bond donors (Lipinski definition) is 0. The van der Waals surface area contributed by atoms with E-state index in [2.05, 4.69) is 41.7 Å². The molecular formula is C21H35BrFN. The van der Waals surface area contributed by atoms with Crippen LogP contribution in [-0.4, -0.2) is 4.98 Å². The van der Waals surface area contributed by atoms with Gasteiger partial charge >= 0.3 is 0 Å². The van der Waals surface area contributed by atoms with E-state index >= 15 is 0 Å². The minimum Gasteiger partial charge on any atom is -0.246 e. The van der Waals surface area contributed by atoms with Crippen molar-refractivity contribution in [2.24, 2.45) is 5.41 Å². The molecule has 3 heteroatoms. The van der Waals surface area contributed by atoms with Gasteiger partial charge in [-0.05, 0) is 52.2 Å². The third kappa shape index (κ3) is 7.63. The van der Waals surface area contributed by atoms with Crippen LogP contribution in [0.3, 0.4) is 0 Å². The van der Waals surface area contributed by atoms with Crippen molar-refractivity contribution in [1.82, 2.24) is 4.98 Å². The van der Waals surface area contributed by atoms with Gasteiger partial charge in [0, 0.05) is 0 Å². The van der Waals surface area contributed by atoms with Crippen molar-refractivity contribution < 1.29 is 4.39 Å². The van der Waals surface area contributed by atoms with Crippen LogP contribution in [0.25, 0.3) is 0 Å². The lowest BCUT2D eigenvalue weighted by atomic mass is 9.75. The first-order chi connectivity index (χ1) is 11.6. The molecule has 0 aromatic carbocycles. The molecule has 0 amide bonds. The molecule has 0 aliphatic rings. The average molecular weight is 400 g/mol. The molecule has 0 atom stereocenters. The van der Waals surface area contributed by atoms with Crippen LogP contribution in [0.15, 0.2) is 16.9 Å². The van der Waals surface area contributed by atoms with Gasteiger partial charge in [-0.15, -0.1) is 0 Å². The lowest BCUT2D eigenvalue weighted by Gasteiger charge is -2.30. The fourth-order valence-electron chi connectivity index (χ4n) is 3.62. The standard InChI is InChI=1S/C21H35BrFN/c1-4-21(5-2,6-3)15-13-11-9-7-8-10-12-14-18-16-20(22)24-17-19(18)23/h16-17H,4-15H2,1-3H3. The van der Waals surface area contributed by atoms with Crippen LogP contribution >= 0.6 is 15.9 Å². The molecule has 24 heavy (non-hydrogen) atoms. The zero-order valence-corrected chi connectivity index (χ0v) is 17.4. The Kier molecular flexibility index (Phi) is 10.8. The number of rotatable bonds is 13. The van der Waals surface area contributed by atoms with Gasteiger partial charge in [0.25, 0.3) is 0 Å². The van der Waals surface area contributed by atoms with Gasteiger partial charge in [-0.2, -0.15) is 0 Å². The highest BCUT2D eigenvalue weighted by Crippen LogP contribution is 2.36. The SMILES string of the molecule is CCC(CC)(CC)CCCCCCCCCc1cc(Br)ncc1F. The highest BCUT2D eigenvalue weighted by molar-refractivity contribution is 9.10. The summed E-state index contributed by atoms with van der Waals surface area (Å²) in [5.41, 5.74) is 1.38. The predicted octanol–water partition coefficient (Wildman–Crippen LogP) is 7.86. The Morgan fingerprint density at radius 3 is 2.04 bits per heavy atom. The molecule has 0 aliphatic carbocycles. The molecule has 138 valence electrons. The molecule has 0 aliphatic heterocycles. The lowest BCUT2D eigenvalue weighted by Crippen LogP contribution is -2.17. The molecule has 0 radical (unpaired) electrons. The maximum absolute atomic E-state index is 13.6. The number of unbranched alkanes of at least 4 members (excludes halogenated alkanes) is 6. The monoisotopic (exact) mass is 399 g/mol. The van der Waals surface area contributed by atoms with Gasteiger partial charge in [-0.1, -0.05) is 78.6 Å². The fourth-order valence-corrected chi connectivity index (χ4v) is 4.00. The molecule has 1 aromatic rings. The van der Waals surface area contributed by atoms with Crippen molar-refractivity contribution in [2.75, 3.05) is 0 Å². The first-order valence-corrected chi connectivity index (χ1v) is 10.7. The van der Waals surface area contributed by atoms with Crippen molar-refractivity contribution in [2.45, 2.75) is 97.8 Å². The fraction of sp³-hybridized carbons (Fsp3) is 0.762. The minimum absolute atomic E-state index is 0.176. The van der Waals surface area contributed by atoms with Gasteiger partial charge < -0.3 is 0 Å². The van der Waals surface area contributed by atoms with Crippen molar-refractivity contribution in [1.29, 1.82) is 0 Å². The summed E-state index contributed by atoms with van der Waals surface area (Å²) in [6, 6.07) is 1.80. The number of aryl methyl sites for hydroxylation is 1. The molecule has 1 rings (SSSR count). The summed E-state index contributed by atoms with van der Waals surface area (Å²) < 4.78 is 14.3. The van der Waals surface area contributed by atoms with Crippen LogP contribution in [0.5, 0.6) is 0 Å². The number of nitrogens with zero attached hydrogens (tertiary/aromatic N) is 1. The van der Waals surface area contributed by atoms with E-state index in [1.54, 1.807) is 6.07 Å². The van der Waals surface area contributed by atoms with E-state index in [-0.39, 0.29) is 5.82 Å². The summed E-state index contributed by atoms with van der Waals surface area (Å²) in [7, 11) is 0. The van der Waals surface area contributed by atoms with Crippen LogP contribution in [0.4, 0.5) is 4.39 Å². The van der Waals surface area contributed by atoms with Gasteiger partial charge in [0.2, 0.25) is 0 Å². The number of pyridine rings is 1. The molecular weight excluding hydrogens is 365 g/mol. The van der Waals surface area contributed by atoms with Gasteiger partial charge in [-0.3, -0.25) is 0 Å². The summed E-state index contributed by atoms with van der Waals surface area (Å²) in [5, 5.41) is 0. The van der Waals surface area contributed by atoms with Gasteiger partial charge in [-0.25, -0.2) is 9.37 Å². The average Bonchev–Trinajstić information content (AvgIpc) is 2.60. The summed E-state index contributed by atoms with van der Waals surface area (Å²) in [6.45, 7) is 7.03. The summed E-state index contributed by atoms with van der Waals surface area (Å²) in [6.07, 6.45) is 16.4. The largest absolute Gasteiger partial charge is 0.246 e. The zero-order chi connectivity index (χ0) is 17.8. The van der Waals surface area contributed by atoms with E-state index in [1.165, 1.54) is 70.4 Å². The molecule has 0 fully saturated rings. The molecule has 0 spiro atoms. The van der Waals surface area contributed by atoms with E-state index < -0.39 is 0 Å². The molecule has 0 bridgehead atoms. The smallest absolute Gasteiger partial charge is 0.144 e. The van der Waals surface area contributed by atoms with Crippen LogP contribution < -0.4 is 0 Å². The van der Waals surface area contributed by atoms with Crippen molar-refractivity contribution in [3.63, 3.8) is 0 Å². The predicted molar refractivity (Wildman–Crippen MR) is 106 cm³/mol. The second kappa shape index (κ2) is 12.0. The third-order valence-electron chi connectivity index (χ3n) is 5.80. The Morgan fingerprint density at radius 1 is 0.917 bits per heavy atom. The van der Waals surface area contributed by atoms with E-state index in [1.807, 2.05) is 0 Å². The van der Waals surface area contributed by atoms with Gasteiger partial charge in [0.15, 0.2) is 0 Å². The van der Waals surface area contributed by atoms with Crippen LogP contribution in [-0.2, 0) is 6.42 Å². The Bertz CT molecular complexity index is 449. The second-order valence-corrected chi connectivity index (χ2v) is 7.95.